The van der Waals surface area contributed by atoms with Crippen molar-refractivity contribution < 1.29 is 15.3 Å². The maximum Gasteiger partial charge on any atom is 0.241 e. The van der Waals surface area contributed by atoms with Crippen molar-refractivity contribution in [1.29, 1.82) is 0 Å². The molecule has 2 aromatic carbocycles. The minimum absolute atomic E-state index is 0. The average Bonchev–Trinajstić information content (AvgIpc) is 3.45. The molecule has 1 amide bonds. The van der Waals surface area contributed by atoms with E-state index in [4.69, 9.17) is 4.42 Å². The number of likely N-dealkylation sites (tertiary alicyclic amines) is 1. The van der Waals surface area contributed by atoms with Crippen molar-refractivity contribution in [2.75, 3.05) is 11.9 Å². The average molecular weight is 420 g/mol. The summed E-state index contributed by atoms with van der Waals surface area (Å²) >= 11 is 0. The number of aromatic nitrogens is 2. The smallest absolute Gasteiger partial charge is 0.241 e. The normalized spacial score (nSPS) is 16.2. The largest absolute Gasteiger partial charge is 0.443 e. The second-order valence-electron chi connectivity index (χ2n) is 7.55. The number of carbonyl (C=O) groups excluding carboxylic acids is 1. The molecule has 7 heteroatoms. The predicted molar refractivity (Wildman–Crippen MR) is 120 cm³/mol. The van der Waals surface area contributed by atoms with E-state index in [1.54, 1.807) is 6.20 Å². The Kier molecular flexibility index (Phi) is 6.04. The Morgan fingerprint density at radius 2 is 2.00 bits per heavy atom. The molecule has 6 nitrogen and oxygen atoms in total. The number of anilines is 1. The third-order valence-corrected chi connectivity index (χ3v) is 5.63. The van der Waals surface area contributed by atoms with Crippen LogP contribution < -0.4 is 5.32 Å². The highest BCUT2D eigenvalue weighted by atomic mass is 19.0. The van der Waals surface area contributed by atoms with Crippen LogP contribution in [0, 0.1) is 0 Å². The molecule has 1 aliphatic rings. The van der Waals surface area contributed by atoms with Gasteiger partial charge in [0.25, 0.3) is 0 Å². The van der Waals surface area contributed by atoms with Crippen LogP contribution >= 0.6 is 0 Å². The molecular formula is C24H25FN4O2. The number of rotatable bonds is 5. The number of pyridine rings is 1. The van der Waals surface area contributed by atoms with Gasteiger partial charge >= 0.3 is 0 Å². The molecule has 3 heterocycles. The summed E-state index contributed by atoms with van der Waals surface area (Å²) in [4.78, 5) is 23.6. The Bertz CT molecular complexity index is 1170. The SMILES string of the molecule is F.O=C(Nc1ccc(-c2cccnc2)cc1)[C@H]1CCCN1Cc1cccc2ncoc12.[HH]. The van der Waals surface area contributed by atoms with Gasteiger partial charge in [0.2, 0.25) is 5.91 Å². The molecule has 5 rings (SSSR count). The van der Waals surface area contributed by atoms with Crippen LogP contribution in [0.15, 0.2) is 77.8 Å². The number of nitrogens with one attached hydrogen (secondary N) is 1. The van der Waals surface area contributed by atoms with Gasteiger partial charge in [0, 0.05) is 31.6 Å². The lowest BCUT2D eigenvalue weighted by Gasteiger charge is -2.23. The summed E-state index contributed by atoms with van der Waals surface area (Å²) in [5.41, 5.74) is 5.64. The summed E-state index contributed by atoms with van der Waals surface area (Å²) in [5, 5.41) is 3.08. The molecule has 1 N–H and O–H groups in total. The number of hydrogen-bond donors (Lipinski definition) is 1. The summed E-state index contributed by atoms with van der Waals surface area (Å²) in [6, 6.07) is 17.6. The van der Waals surface area contributed by atoms with Gasteiger partial charge in [-0.2, -0.15) is 0 Å². The van der Waals surface area contributed by atoms with E-state index in [1.807, 2.05) is 60.8 Å². The lowest BCUT2D eigenvalue weighted by Crippen LogP contribution is -2.39. The molecule has 0 saturated carbocycles. The molecule has 0 radical (unpaired) electrons. The number of carbonyl (C=O) groups is 1. The molecule has 0 aliphatic carbocycles. The van der Waals surface area contributed by atoms with E-state index in [0.29, 0.717) is 6.54 Å². The number of nitrogens with zero attached hydrogens (tertiary/aromatic N) is 3. The first kappa shape index (κ1) is 20.7. The fraction of sp³-hybridized carbons (Fsp3) is 0.208. The fourth-order valence-electron chi connectivity index (χ4n) is 4.11. The van der Waals surface area contributed by atoms with Crippen molar-refractivity contribution in [3.63, 3.8) is 0 Å². The minimum atomic E-state index is -0.152. The van der Waals surface area contributed by atoms with Crippen molar-refractivity contribution in [3.05, 3.63) is 78.9 Å². The second kappa shape index (κ2) is 9.06. The number of para-hydroxylation sites is 1. The predicted octanol–water partition coefficient (Wildman–Crippen LogP) is 4.89. The summed E-state index contributed by atoms with van der Waals surface area (Å²) in [6.07, 6.45) is 6.92. The molecule has 160 valence electrons. The summed E-state index contributed by atoms with van der Waals surface area (Å²) in [7, 11) is 0. The Labute approximate surface area is 180 Å². The Balaban J connectivity index is 0.00000144. The van der Waals surface area contributed by atoms with Crippen LogP contribution in [0.4, 0.5) is 10.4 Å². The Hall–Kier alpha value is -3.58. The highest BCUT2D eigenvalue weighted by Crippen LogP contribution is 2.26. The zero-order valence-electron chi connectivity index (χ0n) is 16.9. The number of hydrogen-bond acceptors (Lipinski definition) is 5. The Morgan fingerprint density at radius 1 is 1.13 bits per heavy atom. The van der Waals surface area contributed by atoms with E-state index in [0.717, 1.165) is 52.9 Å². The van der Waals surface area contributed by atoms with E-state index in [9.17, 15) is 4.79 Å². The fourth-order valence-corrected chi connectivity index (χ4v) is 4.11. The van der Waals surface area contributed by atoms with Gasteiger partial charge < -0.3 is 9.73 Å². The van der Waals surface area contributed by atoms with Gasteiger partial charge in [0.15, 0.2) is 12.0 Å². The molecule has 1 atom stereocenters. The zero-order chi connectivity index (χ0) is 20.3. The summed E-state index contributed by atoms with van der Waals surface area (Å²) in [6.45, 7) is 1.56. The van der Waals surface area contributed by atoms with Gasteiger partial charge in [-0.15, -0.1) is 0 Å². The number of benzene rings is 2. The third kappa shape index (κ3) is 4.32. The summed E-state index contributed by atoms with van der Waals surface area (Å²) in [5.74, 6) is 0.0337. The van der Waals surface area contributed by atoms with E-state index in [2.05, 4.69) is 20.2 Å². The zero-order valence-corrected chi connectivity index (χ0v) is 16.9. The van der Waals surface area contributed by atoms with E-state index in [-0.39, 0.29) is 18.1 Å². The topological polar surface area (TPSA) is 71.3 Å². The van der Waals surface area contributed by atoms with Crippen molar-refractivity contribution in [2.45, 2.75) is 25.4 Å². The molecule has 4 aromatic rings. The monoisotopic (exact) mass is 420 g/mol. The minimum Gasteiger partial charge on any atom is -0.443 e. The lowest BCUT2D eigenvalue weighted by atomic mass is 10.1. The van der Waals surface area contributed by atoms with Gasteiger partial charge in [0.1, 0.15) is 5.52 Å². The summed E-state index contributed by atoms with van der Waals surface area (Å²) < 4.78 is 5.56. The quantitative estimate of drug-likeness (QED) is 0.498. The van der Waals surface area contributed by atoms with Gasteiger partial charge in [-0.1, -0.05) is 30.3 Å². The van der Waals surface area contributed by atoms with Crippen LogP contribution in [0.2, 0.25) is 0 Å². The van der Waals surface area contributed by atoms with Crippen LogP contribution in [0.3, 0.4) is 0 Å². The molecule has 31 heavy (non-hydrogen) atoms. The number of amides is 1. The van der Waals surface area contributed by atoms with Crippen molar-refractivity contribution in [3.8, 4) is 11.1 Å². The highest BCUT2D eigenvalue weighted by molar-refractivity contribution is 5.95. The molecule has 1 aliphatic heterocycles. The highest BCUT2D eigenvalue weighted by Gasteiger charge is 2.31. The third-order valence-electron chi connectivity index (χ3n) is 5.63. The first-order valence-electron chi connectivity index (χ1n) is 10.1. The van der Waals surface area contributed by atoms with Crippen LogP contribution in [-0.4, -0.2) is 33.4 Å². The Morgan fingerprint density at radius 3 is 2.81 bits per heavy atom. The maximum atomic E-state index is 13.0. The molecule has 0 unspecified atom stereocenters. The number of oxazole rings is 1. The van der Waals surface area contributed by atoms with Crippen LogP contribution in [0.5, 0.6) is 0 Å². The second-order valence-corrected chi connectivity index (χ2v) is 7.55. The molecule has 0 spiro atoms. The van der Waals surface area contributed by atoms with Gasteiger partial charge in [-0.05, 0) is 54.8 Å². The van der Waals surface area contributed by atoms with Gasteiger partial charge in [-0.3, -0.25) is 19.4 Å². The van der Waals surface area contributed by atoms with Crippen LogP contribution in [0.25, 0.3) is 22.2 Å². The van der Waals surface area contributed by atoms with Gasteiger partial charge in [0.05, 0.1) is 6.04 Å². The van der Waals surface area contributed by atoms with Crippen LogP contribution in [0.1, 0.15) is 19.8 Å². The maximum absolute atomic E-state index is 13.0. The van der Waals surface area contributed by atoms with Crippen molar-refractivity contribution >= 4 is 22.7 Å². The first-order chi connectivity index (χ1) is 14.8. The van der Waals surface area contributed by atoms with Crippen molar-refractivity contribution in [1.82, 2.24) is 14.9 Å². The number of fused-ring (bicyclic) bond motifs is 1. The standard InChI is InChI=1S/C24H22N4O2.FH.H2/c29-24(27-20-10-8-17(9-11-20)18-5-2-12-25-14-18)22-7-3-13-28(22)15-19-4-1-6-21-23(19)30-16-26-21;;/h1-2,4-6,8-12,14,16,22H,3,7,13,15H2,(H,27,29);2*1H/t22-;;/m1../s1. The van der Waals surface area contributed by atoms with E-state index >= 15 is 0 Å². The molecular weight excluding hydrogens is 395 g/mol. The van der Waals surface area contributed by atoms with Gasteiger partial charge in [-0.25, -0.2) is 4.98 Å². The first-order valence-corrected chi connectivity index (χ1v) is 10.1. The van der Waals surface area contributed by atoms with Crippen LogP contribution in [-0.2, 0) is 11.3 Å². The molecule has 1 saturated heterocycles. The molecule has 0 bridgehead atoms. The molecule has 2 aromatic heterocycles. The van der Waals surface area contributed by atoms with E-state index < -0.39 is 0 Å². The lowest BCUT2D eigenvalue weighted by molar-refractivity contribution is -0.120. The van der Waals surface area contributed by atoms with E-state index in [1.165, 1.54) is 6.39 Å². The molecule has 1 fully saturated rings. The van der Waals surface area contributed by atoms with Crippen molar-refractivity contribution in [2.24, 2.45) is 0 Å². The number of halogens is 1.